The summed E-state index contributed by atoms with van der Waals surface area (Å²) in [5.74, 6) is -3.58. The zero-order chi connectivity index (χ0) is 29.0. The summed E-state index contributed by atoms with van der Waals surface area (Å²) < 4.78 is 41.8. The molecule has 6 N–H and O–H groups in total. The summed E-state index contributed by atoms with van der Waals surface area (Å²) in [6.07, 6.45) is 12.0. The fourth-order valence-electron chi connectivity index (χ4n) is 7.74. The molecule has 11 heteroatoms. The lowest BCUT2D eigenvalue weighted by Crippen LogP contribution is -2.54. The van der Waals surface area contributed by atoms with E-state index in [4.69, 9.17) is 11.5 Å². The molecule has 2 unspecified atom stereocenters. The Morgan fingerprint density at radius 1 is 1.10 bits per heavy atom. The van der Waals surface area contributed by atoms with Gasteiger partial charge < -0.3 is 22.1 Å². The van der Waals surface area contributed by atoms with E-state index >= 15 is 0 Å². The highest BCUT2D eigenvalue weighted by molar-refractivity contribution is 6.06. The molecule has 1 aliphatic carbocycles. The van der Waals surface area contributed by atoms with Crippen LogP contribution < -0.4 is 22.1 Å². The molecule has 41 heavy (non-hydrogen) atoms. The number of halogens is 3. The molecule has 4 heterocycles. The van der Waals surface area contributed by atoms with Crippen molar-refractivity contribution in [2.75, 3.05) is 39.3 Å². The van der Waals surface area contributed by atoms with Gasteiger partial charge in [-0.25, -0.2) is 13.2 Å². The molecule has 5 rings (SSSR count). The van der Waals surface area contributed by atoms with E-state index in [0.717, 1.165) is 83.2 Å². The predicted octanol–water partition coefficient (Wildman–Crippen LogP) is 3.60. The van der Waals surface area contributed by atoms with Crippen molar-refractivity contribution < 1.29 is 18.0 Å². The van der Waals surface area contributed by atoms with Crippen molar-refractivity contribution >= 4 is 11.6 Å². The first kappa shape index (κ1) is 30.5. The number of likely N-dealkylation sites (tertiary alicyclic amines) is 2. The van der Waals surface area contributed by atoms with E-state index in [0.29, 0.717) is 31.0 Å². The van der Waals surface area contributed by atoms with Crippen LogP contribution in [0.4, 0.5) is 13.2 Å². The SMILES string of the molecule is NC(N)C(C(=O)NC1=CNCCC1N1CCC(CN2CCC(F)(F)C2)CC1)/C1=N/C=C(/F)CCC2(CCCCC2)C1. The average molecular weight is 580 g/mol. The second-order valence-electron chi connectivity index (χ2n) is 13.2. The van der Waals surface area contributed by atoms with Crippen molar-refractivity contribution in [2.24, 2.45) is 33.7 Å². The van der Waals surface area contributed by atoms with Gasteiger partial charge in [-0.15, -0.1) is 0 Å². The van der Waals surface area contributed by atoms with Crippen molar-refractivity contribution in [2.45, 2.75) is 95.2 Å². The van der Waals surface area contributed by atoms with Crippen LogP contribution in [0.3, 0.4) is 0 Å². The Morgan fingerprint density at radius 2 is 1.85 bits per heavy atom. The van der Waals surface area contributed by atoms with Gasteiger partial charge in [-0.1, -0.05) is 19.3 Å². The van der Waals surface area contributed by atoms with Crippen LogP contribution in [0.1, 0.15) is 77.0 Å². The van der Waals surface area contributed by atoms with E-state index in [1.165, 1.54) is 12.6 Å². The van der Waals surface area contributed by atoms with Gasteiger partial charge in [0.1, 0.15) is 11.7 Å². The molecule has 1 amide bonds. The molecule has 3 fully saturated rings. The topological polar surface area (TPSA) is 112 Å². The van der Waals surface area contributed by atoms with Crippen LogP contribution in [0, 0.1) is 17.3 Å². The van der Waals surface area contributed by atoms with Gasteiger partial charge in [0.2, 0.25) is 5.91 Å². The van der Waals surface area contributed by atoms with E-state index < -0.39 is 18.0 Å². The van der Waals surface area contributed by atoms with Gasteiger partial charge in [0.15, 0.2) is 0 Å². The summed E-state index contributed by atoms with van der Waals surface area (Å²) in [7, 11) is 0. The minimum atomic E-state index is -2.55. The van der Waals surface area contributed by atoms with Crippen LogP contribution >= 0.6 is 0 Å². The lowest BCUT2D eigenvalue weighted by molar-refractivity contribution is -0.123. The summed E-state index contributed by atoms with van der Waals surface area (Å²) in [5.41, 5.74) is 13.7. The molecule has 8 nitrogen and oxygen atoms in total. The molecular formula is C30H48F3N7O. The number of amides is 1. The van der Waals surface area contributed by atoms with Gasteiger partial charge in [-0.2, -0.15) is 0 Å². The first-order valence-electron chi connectivity index (χ1n) is 15.6. The molecule has 230 valence electrons. The summed E-state index contributed by atoms with van der Waals surface area (Å²) in [4.78, 5) is 22.6. The maximum Gasteiger partial charge on any atom is 0.261 e. The second-order valence-corrected chi connectivity index (χ2v) is 13.2. The first-order valence-corrected chi connectivity index (χ1v) is 15.6. The third-order valence-electron chi connectivity index (χ3n) is 10.1. The highest BCUT2D eigenvalue weighted by Gasteiger charge is 2.41. The molecule has 0 aromatic heterocycles. The van der Waals surface area contributed by atoms with Crippen LogP contribution in [0.2, 0.25) is 0 Å². The molecular weight excluding hydrogens is 531 g/mol. The quantitative estimate of drug-likeness (QED) is 0.343. The maximum atomic E-state index is 14.5. The summed E-state index contributed by atoms with van der Waals surface area (Å²) in [6, 6.07) is 0.0354. The lowest BCUT2D eigenvalue weighted by atomic mass is 9.66. The van der Waals surface area contributed by atoms with E-state index in [1.807, 2.05) is 11.1 Å². The van der Waals surface area contributed by atoms with Crippen LogP contribution in [-0.4, -0.2) is 78.8 Å². The second kappa shape index (κ2) is 13.1. The molecule has 2 saturated heterocycles. The maximum absolute atomic E-state index is 14.5. The summed E-state index contributed by atoms with van der Waals surface area (Å²) in [6.45, 7) is 3.58. The first-order chi connectivity index (χ1) is 19.6. The number of carbonyl (C=O) groups is 1. The van der Waals surface area contributed by atoms with Gasteiger partial charge in [0, 0.05) is 44.4 Å². The average Bonchev–Trinajstić information content (AvgIpc) is 3.29. The van der Waals surface area contributed by atoms with Gasteiger partial charge >= 0.3 is 0 Å². The summed E-state index contributed by atoms with van der Waals surface area (Å²) >= 11 is 0. The Kier molecular flexibility index (Phi) is 9.78. The number of alkyl halides is 2. The molecule has 1 saturated carbocycles. The fourth-order valence-corrected chi connectivity index (χ4v) is 7.74. The highest BCUT2D eigenvalue weighted by atomic mass is 19.3. The van der Waals surface area contributed by atoms with E-state index in [1.54, 1.807) is 0 Å². The molecule has 0 radical (unpaired) electrons. The van der Waals surface area contributed by atoms with Crippen LogP contribution in [0.5, 0.6) is 0 Å². The number of hydrogen-bond acceptors (Lipinski definition) is 7. The Labute approximate surface area is 242 Å². The van der Waals surface area contributed by atoms with Crippen molar-refractivity contribution in [1.29, 1.82) is 0 Å². The fraction of sp³-hybridized carbons (Fsp3) is 0.800. The Morgan fingerprint density at radius 3 is 2.54 bits per heavy atom. The Balaban J connectivity index is 1.23. The zero-order valence-corrected chi connectivity index (χ0v) is 24.2. The molecule has 2 atom stereocenters. The van der Waals surface area contributed by atoms with E-state index in [9.17, 15) is 18.0 Å². The Hall–Kier alpha value is -1.95. The minimum absolute atomic E-state index is 0.0354. The van der Waals surface area contributed by atoms with E-state index in [-0.39, 0.29) is 36.2 Å². The molecule has 0 bridgehead atoms. The third kappa shape index (κ3) is 7.72. The number of allylic oxidation sites excluding steroid dienone is 1. The smallest absolute Gasteiger partial charge is 0.261 e. The predicted molar refractivity (Wildman–Crippen MR) is 155 cm³/mol. The van der Waals surface area contributed by atoms with Crippen LogP contribution in [0.25, 0.3) is 0 Å². The molecule has 0 aromatic rings. The number of rotatable bonds is 7. The number of nitrogens with one attached hydrogen (secondary N) is 2. The summed E-state index contributed by atoms with van der Waals surface area (Å²) in [5, 5.41) is 6.39. The molecule has 0 aromatic carbocycles. The number of aliphatic imine (C=N–C) groups is 1. The van der Waals surface area contributed by atoms with Crippen molar-refractivity contribution in [3.8, 4) is 0 Å². The molecule has 4 aliphatic heterocycles. The number of hydrogen-bond donors (Lipinski definition) is 4. The van der Waals surface area contributed by atoms with Gasteiger partial charge in [0.25, 0.3) is 5.92 Å². The number of carbonyl (C=O) groups excluding carboxylic acids is 1. The molecule has 5 aliphatic rings. The largest absolute Gasteiger partial charge is 0.389 e. The van der Waals surface area contributed by atoms with Crippen LogP contribution in [-0.2, 0) is 4.79 Å². The Bertz CT molecular complexity index is 1020. The normalized spacial score (nSPS) is 31.3. The third-order valence-corrected chi connectivity index (χ3v) is 10.1. The van der Waals surface area contributed by atoms with Gasteiger partial charge in [-0.05, 0) is 69.4 Å². The van der Waals surface area contributed by atoms with Crippen molar-refractivity contribution in [1.82, 2.24) is 20.4 Å². The zero-order valence-electron chi connectivity index (χ0n) is 24.2. The number of piperidine rings is 1. The van der Waals surface area contributed by atoms with Gasteiger partial charge in [-0.3, -0.25) is 19.6 Å². The number of nitrogens with zero attached hydrogens (tertiary/aromatic N) is 3. The van der Waals surface area contributed by atoms with Crippen molar-refractivity contribution in [3.63, 3.8) is 0 Å². The standard InChI is InChI=1S/C30H48F3N7O/c31-22-4-10-29(8-2-1-3-9-29)16-23(37-17-22)26(27(34)35)28(41)38-24-18-36-12-5-25(24)40-13-6-21(7-14-40)19-39-15-11-30(32,33)20-39/h17-18,21,25-27,36H,1-16,19-20,34-35H2,(H,38,41)/b22-17+,37-23+. The molecule has 1 spiro atoms. The lowest BCUT2D eigenvalue weighted by Gasteiger charge is -2.41. The van der Waals surface area contributed by atoms with E-state index in [2.05, 4.69) is 20.5 Å². The van der Waals surface area contributed by atoms with Crippen molar-refractivity contribution in [3.05, 3.63) is 23.9 Å². The van der Waals surface area contributed by atoms with Gasteiger partial charge in [0.05, 0.1) is 30.6 Å². The minimum Gasteiger partial charge on any atom is -0.389 e. The number of nitrogens with two attached hydrogens (primary N) is 2. The monoisotopic (exact) mass is 579 g/mol. The van der Waals surface area contributed by atoms with Crippen LogP contribution in [0.15, 0.2) is 28.9 Å². The highest BCUT2D eigenvalue weighted by Crippen LogP contribution is 2.45.